The maximum atomic E-state index is 4.75. The smallest absolute Gasteiger partial charge is 0.0624 e. The molecule has 1 saturated carbocycles. The maximum absolute atomic E-state index is 4.75. The molecular weight excluding hydrogens is 222 g/mol. The van der Waals surface area contributed by atoms with E-state index < -0.39 is 0 Å². The summed E-state index contributed by atoms with van der Waals surface area (Å²) in [6.07, 6.45) is 12.6. The van der Waals surface area contributed by atoms with E-state index in [0.717, 1.165) is 19.5 Å². The van der Waals surface area contributed by atoms with E-state index in [4.69, 9.17) is 5.10 Å². The summed E-state index contributed by atoms with van der Waals surface area (Å²) < 4.78 is 2.22. The van der Waals surface area contributed by atoms with Crippen molar-refractivity contribution >= 4 is 0 Å². The summed E-state index contributed by atoms with van der Waals surface area (Å²) in [5, 5.41) is 8.11. The van der Waals surface area contributed by atoms with Gasteiger partial charge in [-0.25, -0.2) is 0 Å². The molecular formula is C15H27N3. The van der Waals surface area contributed by atoms with Gasteiger partial charge in [0.25, 0.3) is 0 Å². The van der Waals surface area contributed by atoms with E-state index in [2.05, 4.69) is 29.2 Å². The third kappa shape index (κ3) is 4.13. The number of nitrogens with zero attached hydrogens (tertiary/aromatic N) is 2. The topological polar surface area (TPSA) is 29.9 Å². The van der Waals surface area contributed by atoms with Crippen LogP contribution in [-0.2, 0) is 6.42 Å². The van der Waals surface area contributed by atoms with Crippen molar-refractivity contribution in [1.82, 2.24) is 15.1 Å². The summed E-state index contributed by atoms with van der Waals surface area (Å²) in [5.74, 6) is 0. The second-order valence-electron chi connectivity index (χ2n) is 5.39. The SMILES string of the molecule is CCNCCCCc1ccn(C2CCCCC2)n1. The zero-order valence-electron chi connectivity index (χ0n) is 11.7. The van der Waals surface area contributed by atoms with E-state index >= 15 is 0 Å². The number of nitrogens with one attached hydrogen (secondary N) is 1. The lowest BCUT2D eigenvalue weighted by molar-refractivity contribution is 0.328. The van der Waals surface area contributed by atoms with Gasteiger partial charge in [-0.2, -0.15) is 5.10 Å². The maximum Gasteiger partial charge on any atom is 0.0624 e. The molecule has 0 unspecified atom stereocenters. The molecule has 2 rings (SSSR count). The quantitative estimate of drug-likeness (QED) is 0.751. The first-order valence-corrected chi connectivity index (χ1v) is 7.65. The molecule has 1 aliphatic rings. The first-order valence-electron chi connectivity index (χ1n) is 7.65. The number of aryl methyl sites for hydroxylation is 1. The lowest BCUT2D eigenvalue weighted by Crippen LogP contribution is -2.14. The Kier molecular flexibility index (Phi) is 5.72. The fourth-order valence-electron chi connectivity index (χ4n) is 2.79. The lowest BCUT2D eigenvalue weighted by atomic mass is 9.96. The van der Waals surface area contributed by atoms with Crippen LogP contribution >= 0.6 is 0 Å². The molecule has 102 valence electrons. The van der Waals surface area contributed by atoms with E-state index in [0.29, 0.717) is 6.04 Å². The second kappa shape index (κ2) is 7.57. The number of unbranched alkanes of at least 4 members (excludes halogenated alkanes) is 1. The summed E-state index contributed by atoms with van der Waals surface area (Å²) in [5.41, 5.74) is 1.28. The minimum Gasteiger partial charge on any atom is -0.317 e. The van der Waals surface area contributed by atoms with Crippen molar-refractivity contribution in [3.63, 3.8) is 0 Å². The molecule has 1 fully saturated rings. The minimum absolute atomic E-state index is 0.675. The molecule has 0 bridgehead atoms. The summed E-state index contributed by atoms with van der Waals surface area (Å²) in [4.78, 5) is 0. The predicted octanol–water partition coefficient (Wildman–Crippen LogP) is 3.32. The van der Waals surface area contributed by atoms with Crippen molar-refractivity contribution in [3.8, 4) is 0 Å². The van der Waals surface area contributed by atoms with Crippen LogP contribution in [0.4, 0.5) is 0 Å². The van der Waals surface area contributed by atoms with E-state index in [1.165, 1.54) is 50.6 Å². The normalized spacial score (nSPS) is 17.2. The molecule has 0 amide bonds. The van der Waals surface area contributed by atoms with Crippen molar-refractivity contribution in [2.45, 2.75) is 64.3 Å². The van der Waals surface area contributed by atoms with E-state index in [-0.39, 0.29) is 0 Å². The molecule has 3 nitrogen and oxygen atoms in total. The van der Waals surface area contributed by atoms with Crippen LogP contribution < -0.4 is 5.32 Å². The zero-order valence-corrected chi connectivity index (χ0v) is 11.7. The Hall–Kier alpha value is -0.830. The van der Waals surface area contributed by atoms with Gasteiger partial charge in [-0.1, -0.05) is 26.2 Å². The molecule has 0 radical (unpaired) electrons. The molecule has 1 heterocycles. The summed E-state index contributed by atoms with van der Waals surface area (Å²) in [6, 6.07) is 2.89. The first-order chi connectivity index (χ1) is 8.90. The number of rotatable bonds is 7. The summed E-state index contributed by atoms with van der Waals surface area (Å²) >= 11 is 0. The molecule has 1 aromatic heterocycles. The van der Waals surface area contributed by atoms with Gasteiger partial charge in [-0.15, -0.1) is 0 Å². The van der Waals surface area contributed by atoms with Crippen LogP contribution in [0.3, 0.4) is 0 Å². The van der Waals surface area contributed by atoms with Crippen LogP contribution in [0, 0.1) is 0 Å². The molecule has 1 aliphatic carbocycles. The average Bonchev–Trinajstić information content (AvgIpc) is 2.88. The monoisotopic (exact) mass is 249 g/mol. The van der Waals surface area contributed by atoms with Gasteiger partial charge in [0.05, 0.1) is 11.7 Å². The fraction of sp³-hybridized carbons (Fsp3) is 0.800. The number of hydrogen-bond acceptors (Lipinski definition) is 2. The molecule has 1 N–H and O–H groups in total. The van der Waals surface area contributed by atoms with E-state index in [1.54, 1.807) is 0 Å². The minimum atomic E-state index is 0.675. The van der Waals surface area contributed by atoms with Crippen molar-refractivity contribution in [2.24, 2.45) is 0 Å². The van der Waals surface area contributed by atoms with Crippen LogP contribution in [0.15, 0.2) is 12.3 Å². The highest BCUT2D eigenvalue weighted by Crippen LogP contribution is 2.27. The molecule has 0 saturated heterocycles. The van der Waals surface area contributed by atoms with Gasteiger partial charge in [0.1, 0.15) is 0 Å². The highest BCUT2D eigenvalue weighted by Gasteiger charge is 2.15. The van der Waals surface area contributed by atoms with Gasteiger partial charge in [-0.3, -0.25) is 4.68 Å². The second-order valence-corrected chi connectivity index (χ2v) is 5.39. The van der Waals surface area contributed by atoms with Crippen molar-refractivity contribution in [3.05, 3.63) is 18.0 Å². The Balaban J connectivity index is 1.72. The van der Waals surface area contributed by atoms with E-state index in [9.17, 15) is 0 Å². The van der Waals surface area contributed by atoms with Crippen LogP contribution in [0.25, 0.3) is 0 Å². The standard InChI is InChI=1S/C15H27N3/c1-2-16-12-7-6-8-14-11-13-18(17-14)15-9-4-3-5-10-15/h11,13,15-16H,2-10,12H2,1H3. The van der Waals surface area contributed by atoms with Crippen molar-refractivity contribution in [1.29, 1.82) is 0 Å². The lowest BCUT2D eigenvalue weighted by Gasteiger charge is -2.21. The fourth-order valence-corrected chi connectivity index (χ4v) is 2.79. The van der Waals surface area contributed by atoms with Crippen LogP contribution in [0.5, 0.6) is 0 Å². The molecule has 1 aromatic rings. The van der Waals surface area contributed by atoms with Crippen LogP contribution in [0.2, 0.25) is 0 Å². The Labute approximate surface area is 111 Å². The van der Waals surface area contributed by atoms with Crippen molar-refractivity contribution < 1.29 is 0 Å². The van der Waals surface area contributed by atoms with Gasteiger partial charge >= 0.3 is 0 Å². The summed E-state index contributed by atoms with van der Waals surface area (Å²) in [7, 11) is 0. The number of hydrogen-bond donors (Lipinski definition) is 1. The third-order valence-electron chi connectivity index (χ3n) is 3.90. The van der Waals surface area contributed by atoms with Gasteiger partial charge in [0.2, 0.25) is 0 Å². The highest BCUT2D eigenvalue weighted by atomic mass is 15.3. The molecule has 0 atom stereocenters. The van der Waals surface area contributed by atoms with Crippen molar-refractivity contribution in [2.75, 3.05) is 13.1 Å². The van der Waals surface area contributed by atoms with Crippen LogP contribution in [-0.4, -0.2) is 22.9 Å². The van der Waals surface area contributed by atoms with Gasteiger partial charge in [0, 0.05) is 6.20 Å². The van der Waals surface area contributed by atoms with Crippen LogP contribution in [0.1, 0.15) is 63.6 Å². The van der Waals surface area contributed by atoms with Gasteiger partial charge in [0.15, 0.2) is 0 Å². The Morgan fingerprint density at radius 3 is 2.89 bits per heavy atom. The zero-order chi connectivity index (χ0) is 12.6. The van der Waals surface area contributed by atoms with Gasteiger partial charge in [-0.05, 0) is 51.3 Å². The Morgan fingerprint density at radius 2 is 2.11 bits per heavy atom. The largest absolute Gasteiger partial charge is 0.317 e. The first kappa shape index (κ1) is 13.6. The summed E-state index contributed by atoms with van der Waals surface area (Å²) in [6.45, 7) is 4.38. The van der Waals surface area contributed by atoms with Gasteiger partial charge < -0.3 is 5.32 Å². The molecule has 0 spiro atoms. The molecule has 0 aromatic carbocycles. The average molecular weight is 249 g/mol. The van der Waals surface area contributed by atoms with E-state index in [1.807, 2.05) is 0 Å². The predicted molar refractivity (Wildman–Crippen MR) is 75.8 cm³/mol. The molecule has 18 heavy (non-hydrogen) atoms. The Bertz CT molecular complexity index is 326. The molecule has 3 heteroatoms. The Morgan fingerprint density at radius 1 is 1.28 bits per heavy atom. The highest BCUT2D eigenvalue weighted by molar-refractivity contribution is 5.00. The third-order valence-corrected chi connectivity index (χ3v) is 3.90. The number of aromatic nitrogens is 2. The molecule has 0 aliphatic heterocycles.